The van der Waals surface area contributed by atoms with E-state index in [1.165, 1.54) is 11.6 Å². The van der Waals surface area contributed by atoms with Gasteiger partial charge in [-0.15, -0.1) is 0 Å². The van der Waals surface area contributed by atoms with Crippen molar-refractivity contribution >= 4 is 15.9 Å². The molecule has 0 aliphatic rings. The number of benzene rings is 2. The molecule has 1 atom stereocenters. The molecule has 106 valence electrons. The Morgan fingerprint density at radius 3 is 2.65 bits per heavy atom. The molecule has 0 bridgehead atoms. The van der Waals surface area contributed by atoms with Crippen molar-refractivity contribution in [3.8, 4) is 0 Å². The van der Waals surface area contributed by atoms with Gasteiger partial charge < -0.3 is 5.32 Å². The van der Waals surface area contributed by atoms with E-state index in [2.05, 4.69) is 47.2 Å². The molecule has 0 aliphatic carbocycles. The topological polar surface area (TPSA) is 12.0 Å². The van der Waals surface area contributed by atoms with Crippen LogP contribution in [0.5, 0.6) is 0 Å². The number of nitrogens with one attached hydrogen (secondary N) is 1. The molecule has 20 heavy (non-hydrogen) atoms. The lowest BCUT2D eigenvalue weighted by Gasteiger charge is -2.21. The highest BCUT2D eigenvalue weighted by molar-refractivity contribution is 9.10. The number of halogens is 2. The minimum atomic E-state index is -0.199. The maximum atomic E-state index is 13.5. The van der Waals surface area contributed by atoms with Crippen molar-refractivity contribution in [2.24, 2.45) is 0 Å². The quantitative estimate of drug-likeness (QED) is 0.811. The molecule has 0 heterocycles. The Kier molecular flexibility index (Phi) is 5.32. The van der Waals surface area contributed by atoms with Crippen LogP contribution in [0.4, 0.5) is 4.39 Å². The van der Waals surface area contributed by atoms with Crippen LogP contribution in [-0.4, -0.2) is 6.54 Å². The fourth-order valence-corrected chi connectivity index (χ4v) is 2.77. The van der Waals surface area contributed by atoms with Gasteiger partial charge >= 0.3 is 0 Å². The largest absolute Gasteiger partial charge is 0.306 e. The molecular formula is C17H19BrFN. The highest BCUT2D eigenvalue weighted by Gasteiger charge is 2.17. The van der Waals surface area contributed by atoms with Crippen molar-refractivity contribution in [2.75, 3.05) is 6.54 Å². The number of aryl methyl sites for hydroxylation is 1. The molecule has 2 aromatic carbocycles. The zero-order valence-electron chi connectivity index (χ0n) is 11.8. The van der Waals surface area contributed by atoms with E-state index in [1.807, 2.05) is 12.1 Å². The van der Waals surface area contributed by atoms with Gasteiger partial charge in [-0.1, -0.05) is 53.2 Å². The lowest BCUT2D eigenvalue weighted by molar-refractivity contribution is 0.584. The molecule has 3 heteroatoms. The number of hydrogen-bond donors (Lipinski definition) is 1. The average Bonchev–Trinajstić information content (AvgIpc) is 2.44. The molecule has 2 aromatic rings. The van der Waals surface area contributed by atoms with Gasteiger partial charge in [0.15, 0.2) is 0 Å². The maximum Gasteiger partial charge on any atom is 0.123 e. The van der Waals surface area contributed by atoms with E-state index in [1.54, 1.807) is 12.1 Å². The van der Waals surface area contributed by atoms with Crippen molar-refractivity contribution in [2.45, 2.75) is 26.3 Å². The minimum Gasteiger partial charge on any atom is -0.306 e. The van der Waals surface area contributed by atoms with Gasteiger partial charge in [0.25, 0.3) is 0 Å². The predicted octanol–water partition coefficient (Wildman–Crippen LogP) is 4.99. The third-order valence-electron chi connectivity index (χ3n) is 3.31. The first kappa shape index (κ1) is 15.2. The zero-order chi connectivity index (χ0) is 14.5. The van der Waals surface area contributed by atoms with Crippen LogP contribution in [0, 0.1) is 12.7 Å². The minimum absolute atomic E-state index is 0.0000694. The van der Waals surface area contributed by atoms with Gasteiger partial charge in [0.05, 0.1) is 6.04 Å². The lowest BCUT2D eigenvalue weighted by Crippen LogP contribution is -2.23. The van der Waals surface area contributed by atoms with E-state index in [0.717, 1.165) is 28.6 Å². The van der Waals surface area contributed by atoms with Crippen LogP contribution in [0.3, 0.4) is 0 Å². The second-order valence-electron chi connectivity index (χ2n) is 4.92. The Morgan fingerprint density at radius 1 is 1.20 bits per heavy atom. The van der Waals surface area contributed by atoms with E-state index in [-0.39, 0.29) is 11.9 Å². The molecule has 0 fully saturated rings. The first-order valence-corrected chi connectivity index (χ1v) is 7.66. The van der Waals surface area contributed by atoms with Crippen LogP contribution < -0.4 is 5.32 Å². The Morgan fingerprint density at radius 2 is 1.95 bits per heavy atom. The molecule has 0 amide bonds. The third kappa shape index (κ3) is 3.47. The Bertz CT molecular complexity index is 583. The van der Waals surface area contributed by atoms with E-state index < -0.39 is 0 Å². The Labute approximate surface area is 128 Å². The summed E-state index contributed by atoms with van der Waals surface area (Å²) in [6, 6.07) is 13.0. The lowest BCUT2D eigenvalue weighted by atomic mass is 9.97. The second kappa shape index (κ2) is 7.00. The summed E-state index contributed by atoms with van der Waals surface area (Å²) in [5.41, 5.74) is 3.27. The summed E-state index contributed by atoms with van der Waals surface area (Å²) in [4.78, 5) is 0. The normalized spacial score (nSPS) is 12.4. The Balaban J connectivity index is 2.44. The van der Waals surface area contributed by atoms with Crippen molar-refractivity contribution < 1.29 is 4.39 Å². The number of hydrogen-bond acceptors (Lipinski definition) is 1. The first-order valence-electron chi connectivity index (χ1n) is 6.87. The second-order valence-corrected chi connectivity index (χ2v) is 5.71. The van der Waals surface area contributed by atoms with Crippen LogP contribution in [0.25, 0.3) is 0 Å². The van der Waals surface area contributed by atoms with Crippen molar-refractivity contribution in [1.82, 2.24) is 5.32 Å². The molecule has 1 unspecified atom stereocenters. The molecule has 0 radical (unpaired) electrons. The summed E-state index contributed by atoms with van der Waals surface area (Å²) in [6.07, 6.45) is 1.04. The smallest absolute Gasteiger partial charge is 0.123 e. The molecule has 0 saturated heterocycles. The summed E-state index contributed by atoms with van der Waals surface area (Å²) in [6.45, 7) is 5.08. The summed E-state index contributed by atoms with van der Waals surface area (Å²) in [5, 5.41) is 3.50. The predicted molar refractivity (Wildman–Crippen MR) is 85.4 cm³/mol. The monoisotopic (exact) mass is 335 g/mol. The van der Waals surface area contributed by atoms with Gasteiger partial charge in [-0.05, 0) is 48.7 Å². The van der Waals surface area contributed by atoms with E-state index in [9.17, 15) is 4.39 Å². The third-order valence-corrected chi connectivity index (χ3v) is 4.40. The van der Waals surface area contributed by atoms with E-state index >= 15 is 0 Å². The molecular weight excluding hydrogens is 317 g/mol. The maximum absolute atomic E-state index is 13.5. The van der Waals surface area contributed by atoms with Gasteiger partial charge in [0.2, 0.25) is 0 Å². The highest BCUT2D eigenvalue weighted by Crippen LogP contribution is 2.31. The fraction of sp³-hybridized carbons (Fsp3) is 0.294. The molecule has 0 saturated carbocycles. The van der Waals surface area contributed by atoms with E-state index in [4.69, 9.17) is 0 Å². The molecule has 0 aliphatic heterocycles. The highest BCUT2D eigenvalue weighted by atomic mass is 79.9. The molecule has 1 N–H and O–H groups in total. The standard InChI is InChI=1S/C17H19BrFN/c1-3-10-20-17(13-7-5-8-14(19)11-13)15-9-4-6-12(2)16(15)18/h4-9,11,17,20H,3,10H2,1-2H3. The SMILES string of the molecule is CCCNC(c1cccc(F)c1)c1cccc(C)c1Br. The van der Waals surface area contributed by atoms with Gasteiger partial charge in [-0.3, -0.25) is 0 Å². The summed E-state index contributed by atoms with van der Waals surface area (Å²) < 4.78 is 14.6. The fourth-order valence-electron chi connectivity index (χ4n) is 2.28. The van der Waals surface area contributed by atoms with E-state index in [0.29, 0.717) is 0 Å². The van der Waals surface area contributed by atoms with Gasteiger partial charge in [-0.25, -0.2) is 4.39 Å². The van der Waals surface area contributed by atoms with Gasteiger partial charge in [0.1, 0.15) is 5.82 Å². The van der Waals surface area contributed by atoms with Crippen molar-refractivity contribution in [3.05, 3.63) is 69.4 Å². The first-order chi connectivity index (χ1) is 9.63. The Hall–Kier alpha value is -1.19. The van der Waals surface area contributed by atoms with Crippen LogP contribution in [0.1, 0.15) is 36.1 Å². The van der Waals surface area contributed by atoms with Gasteiger partial charge in [0, 0.05) is 4.47 Å². The van der Waals surface area contributed by atoms with Crippen LogP contribution >= 0.6 is 15.9 Å². The van der Waals surface area contributed by atoms with Crippen LogP contribution in [0.15, 0.2) is 46.9 Å². The summed E-state index contributed by atoms with van der Waals surface area (Å²) in [7, 11) is 0. The molecule has 2 rings (SSSR count). The number of rotatable bonds is 5. The van der Waals surface area contributed by atoms with Crippen molar-refractivity contribution in [3.63, 3.8) is 0 Å². The molecule has 0 aromatic heterocycles. The van der Waals surface area contributed by atoms with Crippen LogP contribution in [0.2, 0.25) is 0 Å². The molecule has 1 nitrogen and oxygen atoms in total. The van der Waals surface area contributed by atoms with Gasteiger partial charge in [-0.2, -0.15) is 0 Å². The van der Waals surface area contributed by atoms with Crippen molar-refractivity contribution in [1.29, 1.82) is 0 Å². The summed E-state index contributed by atoms with van der Waals surface area (Å²) in [5.74, 6) is -0.199. The molecule has 0 spiro atoms. The van der Waals surface area contributed by atoms with Crippen LogP contribution in [-0.2, 0) is 0 Å². The average molecular weight is 336 g/mol. The zero-order valence-corrected chi connectivity index (χ0v) is 13.4. The summed E-state index contributed by atoms with van der Waals surface area (Å²) >= 11 is 3.65.